The monoisotopic (exact) mass is 175 g/mol. The molecule has 56 valence electrons. The van der Waals surface area contributed by atoms with Crippen molar-refractivity contribution in [2.24, 2.45) is 5.73 Å². The van der Waals surface area contributed by atoms with Crippen LogP contribution in [0, 0.1) is 0 Å². The minimum absolute atomic E-state index is 0. The number of halogens is 1. The standard InChI is InChI=1S/C7H9NS.ClH/c1-2-7(8)6-3-4-9-5-6;/h2-5,7H,1,8H2;1H/t7-;/m1./s1. The Morgan fingerprint density at radius 2 is 2.40 bits per heavy atom. The van der Waals surface area contributed by atoms with E-state index >= 15 is 0 Å². The molecule has 0 aliphatic carbocycles. The molecule has 0 amide bonds. The van der Waals surface area contributed by atoms with Crippen molar-refractivity contribution < 1.29 is 0 Å². The molecule has 0 bridgehead atoms. The summed E-state index contributed by atoms with van der Waals surface area (Å²) < 4.78 is 0. The van der Waals surface area contributed by atoms with Crippen LogP contribution in [0.25, 0.3) is 0 Å². The van der Waals surface area contributed by atoms with Crippen molar-refractivity contribution in [3.8, 4) is 0 Å². The van der Waals surface area contributed by atoms with Gasteiger partial charge in [0.2, 0.25) is 0 Å². The molecule has 2 N–H and O–H groups in total. The molecular formula is C7H10ClNS. The van der Waals surface area contributed by atoms with Crippen molar-refractivity contribution in [2.75, 3.05) is 0 Å². The van der Waals surface area contributed by atoms with Crippen molar-refractivity contribution in [2.45, 2.75) is 6.04 Å². The summed E-state index contributed by atoms with van der Waals surface area (Å²) in [5.74, 6) is 0. The van der Waals surface area contributed by atoms with Gasteiger partial charge in [0.05, 0.1) is 0 Å². The third-order valence-corrected chi connectivity index (χ3v) is 1.88. The second-order valence-electron chi connectivity index (χ2n) is 1.82. The lowest BCUT2D eigenvalue weighted by atomic mass is 10.2. The van der Waals surface area contributed by atoms with E-state index in [0.29, 0.717) is 0 Å². The number of hydrogen-bond acceptors (Lipinski definition) is 2. The molecule has 0 aromatic carbocycles. The second kappa shape index (κ2) is 4.50. The number of hydrogen-bond donors (Lipinski definition) is 1. The first-order chi connectivity index (χ1) is 4.34. The Morgan fingerprint density at radius 1 is 1.70 bits per heavy atom. The largest absolute Gasteiger partial charge is 0.321 e. The summed E-state index contributed by atoms with van der Waals surface area (Å²) in [4.78, 5) is 0. The van der Waals surface area contributed by atoms with Crippen molar-refractivity contribution >= 4 is 23.7 Å². The molecule has 0 spiro atoms. The van der Waals surface area contributed by atoms with Gasteiger partial charge in [-0.25, -0.2) is 0 Å². The van der Waals surface area contributed by atoms with Gasteiger partial charge >= 0.3 is 0 Å². The highest BCUT2D eigenvalue weighted by Crippen LogP contribution is 2.13. The Bertz CT molecular complexity index is 183. The SMILES string of the molecule is C=C[C@@H](N)c1ccsc1.Cl. The minimum Gasteiger partial charge on any atom is -0.321 e. The van der Waals surface area contributed by atoms with Crippen LogP contribution in [0.2, 0.25) is 0 Å². The number of thiophene rings is 1. The highest BCUT2D eigenvalue weighted by molar-refractivity contribution is 7.07. The lowest BCUT2D eigenvalue weighted by Gasteiger charge is -1.99. The Kier molecular flexibility index (Phi) is 4.36. The van der Waals surface area contributed by atoms with E-state index in [0.717, 1.165) is 5.56 Å². The molecule has 1 heterocycles. The zero-order valence-corrected chi connectivity index (χ0v) is 7.12. The number of rotatable bonds is 2. The van der Waals surface area contributed by atoms with Crippen LogP contribution < -0.4 is 5.73 Å². The quantitative estimate of drug-likeness (QED) is 0.687. The summed E-state index contributed by atoms with van der Waals surface area (Å²) in [5.41, 5.74) is 6.78. The van der Waals surface area contributed by atoms with Gasteiger partial charge in [0.1, 0.15) is 0 Å². The molecule has 0 unspecified atom stereocenters. The molecule has 0 aliphatic rings. The van der Waals surface area contributed by atoms with E-state index in [9.17, 15) is 0 Å². The van der Waals surface area contributed by atoms with Crippen molar-refractivity contribution in [1.82, 2.24) is 0 Å². The van der Waals surface area contributed by atoms with E-state index in [-0.39, 0.29) is 18.4 Å². The third-order valence-electron chi connectivity index (χ3n) is 1.18. The summed E-state index contributed by atoms with van der Waals surface area (Å²) in [6, 6.07) is 2.02. The predicted molar refractivity (Wildman–Crippen MR) is 48.7 cm³/mol. The maximum atomic E-state index is 5.63. The Labute approximate surface area is 71.0 Å². The normalized spacial score (nSPS) is 11.7. The Hall–Kier alpha value is -0.310. The molecule has 1 nitrogen and oxygen atoms in total. The topological polar surface area (TPSA) is 26.0 Å². The lowest BCUT2D eigenvalue weighted by Crippen LogP contribution is -2.04. The molecule has 1 aromatic heterocycles. The van der Waals surface area contributed by atoms with Gasteiger partial charge in [0.25, 0.3) is 0 Å². The highest BCUT2D eigenvalue weighted by atomic mass is 35.5. The molecule has 1 atom stereocenters. The van der Waals surface area contributed by atoms with Crippen LogP contribution in [0.15, 0.2) is 29.5 Å². The van der Waals surface area contributed by atoms with E-state index in [1.165, 1.54) is 0 Å². The molecule has 0 fully saturated rings. The van der Waals surface area contributed by atoms with Gasteiger partial charge in [-0.2, -0.15) is 11.3 Å². The molecule has 10 heavy (non-hydrogen) atoms. The summed E-state index contributed by atoms with van der Waals surface area (Å²) in [5, 5.41) is 4.05. The molecule has 1 aromatic rings. The van der Waals surface area contributed by atoms with Gasteiger partial charge in [-0.15, -0.1) is 19.0 Å². The average molecular weight is 176 g/mol. The third kappa shape index (κ3) is 2.14. The van der Waals surface area contributed by atoms with Gasteiger partial charge in [-0.05, 0) is 22.4 Å². The van der Waals surface area contributed by atoms with Crippen LogP contribution in [0.4, 0.5) is 0 Å². The van der Waals surface area contributed by atoms with Crippen molar-refractivity contribution in [3.05, 3.63) is 35.0 Å². The van der Waals surface area contributed by atoms with E-state index < -0.39 is 0 Å². The van der Waals surface area contributed by atoms with E-state index in [2.05, 4.69) is 6.58 Å². The first-order valence-corrected chi connectivity index (χ1v) is 3.69. The average Bonchev–Trinajstić information content (AvgIpc) is 2.37. The van der Waals surface area contributed by atoms with Gasteiger partial charge in [0.15, 0.2) is 0 Å². The van der Waals surface area contributed by atoms with Crippen LogP contribution in [-0.2, 0) is 0 Å². The summed E-state index contributed by atoms with van der Waals surface area (Å²) in [6.45, 7) is 3.60. The smallest absolute Gasteiger partial charge is 0.0486 e. The molecule has 0 aliphatic heterocycles. The predicted octanol–water partition coefficient (Wildman–Crippen LogP) is 2.36. The van der Waals surface area contributed by atoms with Crippen LogP contribution in [0.1, 0.15) is 11.6 Å². The van der Waals surface area contributed by atoms with Crippen LogP contribution in [-0.4, -0.2) is 0 Å². The minimum atomic E-state index is 0. The molecule has 3 heteroatoms. The molecule has 1 rings (SSSR count). The summed E-state index contributed by atoms with van der Waals surface area (Å²) in [6.07, 6.45) is 1.74. The zero-order chi connectivity index (χ0) is 6.69. The Balaban J connectivity index is 0.000000810. The highest BCUT2D eigenvalue weighted by Gasteiger charge is 1.98. The van der Waals surface area contributed by atoms with E-state index in [4.69, 9.17) is 5.73 Å². The number of nitrogens with two attached hydrogens (primary N) is 1. The fourth-order valence-corrected chi connectivity index (χ4v) is 1.31. The first kappa shape index (κ1) is 9.69. The molecular weight excluding hydrogens is 166 g/mol. The lowest BCUT2D eigenvalue weighted by molar-refractivity contribution is 0.921. The zero-order valence-electron chi connectivity index (χ0n) is 5.49. The maximum absolute atomic E-state index is 5.63. The van der Waals surface area contributed by atoms with Crippen LogP contribution in [0.3, 0.4) is 0 Å². The Morgan fingerprint density at radius 3 is 2.80 bits per heavy atom. The van der Waals surface area contributed by atoms with Crippen LogP contribution >= 0.6 is 23.7 Å². The van der Waals surface area contributed by atoms with E-state index in [1.807, 2.05) is 16.8 Å². The second-order valence-corrected chi connectivity index (χ2v) is 2.60. The summed E-state index contributed by atoms with van der Waals surface area (Å²) >= 11 is 1.66. The van der Waals surface area contributed by atoms with Crippen molar-refractivity contribution in [3.63, 3.8) is 0 Å². The van der Waals surface area contributed by atoms with Gasteiger partial charge in [0, 0.05) is 6.04 Å². The molecule has 0 radical (unpaired) electrons. The fourth-order valence-electron chi connectivity index (χ4n) is 0.601. The first-order valence-electron chi connectivity index (χ1n) is 2.75. The summed E-state index contributed by atoms with van der Waals surface area (Å²) in [7, 11) is 0. The van der Waals surface area contributed by atoms with Gasteiger partial charge < -0.3 is 5.73 Å². The van der Waals surface area contributed by atoms with Crippen LogP contribution in [0.5, 0.6) is 0 Å². The van der Waals surface area contributed by atoms with Crippen molar-refractivity contribution in [1.29, 1.82) is 0 Å². The van der Waals surface area contributed by atoms with E-state index in [1.54, 1.807) is 17.4 Å². The van der Waals surface area contributed by atoms with Gasteiger partial charge in [-0.3, -0.25) is 0 Å². The van der Waals surface area contributed by atoms with Gasteiger partial charge in [-0.1, -0.05) is 6.08 Å². The fraction of sp³-hybridized carbons (Fsp3) is 0.143. The molecule has 0 saturated heterocycles. The maximum Gasteiger partial charge on any atom is 0.0486 e. The molecule has 0 saturated carbocycles.